The first-order chi connectivity index (χ1) is 17.4. The highest BCUT2D eigenvalue weighted by Crippen LogP contribution is 2.29. The number of carbonyl (C=O) groups is 1. The number of hydrogen-bond acceptors (Lipinski definition) is 6. The molecule has 2 saturated heterocycles. The van der Waals surface area contributed by atoms with Gasteiger partial charge in [0.15, 0.2) is 0 Å². The maximum absolute atomic E-state index is 13.5. The van der Waals surface area contributed by atoms with Crippen LogP contribution in [0.1, 0.15) is 29.5 Å². The summed E-state index contributed by atoms with van der Waals surface area (Å²) in [5.74, 6) is -0.768. The van der Waals surface area contributed by atoms with E-state index < -0.39 is 26.0 Å². The van der Waals surface area contributed by atoms with Gasteiger partial charge in [0.25, 0.3) is 0 Å². The molecule has 1 amide bonds. The van der Waals surface area contributed by atoms with Crippen molar-refractivity contribution in [2.45, 2.75) is 43.4 Å². The van der Waals surface area contributed by atoms with Gasteiger partial charge in [-0.3, -0.25) is 4.79 Å². The highest BCUT2D eigenvalue weighted by Gasteiger charge is 2.35. The monoisotopic (exact) mass is 548 g/mol. The first kappa shape index (κ1) is 27.7. The van der Waals surface area contributed by atoms with Gasteiger partial charge < -0.3 is 10.2 Å². The average molecular weight is 549 g/mol. The van der Waals surface area contributed by atoms with Crippen LogP contribution in [0.2, 0.25) is 0 Å². The molecule has 2 fully saturated rings. The van der Waals surface area contributed by atoms with Crippen LogP contribution in [0.15, 0.2) is 46.2 Å². The summed E-state index contributed by atoms with van der Waals surface area (Å²) in [5.41, 5.74) is 2.89. The number of sulfonamides is 2. The molecule has 2 aliphatic heterocycles. The van der Waals surface area contributed by atoms with Crippen LogP contribution < -0.4 is 5.32 Å². The molecule has 2 heterocycles. The van der Waals surface area contributed by atoms with Gasteiger partial charge in [0, 0.05) is 45.0 Å². The molecular formula is C26H36N4O5S2. The number of nitrogens with zero attached hydrogens (tertiary/aromatic N) is 3. The Kier molecular flexibility index (Phi) is 8.10. The van der Waals surface area contributed by atoms with Crippen molar-refractivity contribution in [3.05, 3.63) is 53.1 Å². The number of benzene rings is 2. The number of hydrogen-bond donors (Lipinski definition) is 1. The Labute approximate surface area is 220 Å². The van der Waals surface area contributed by atoms with E-state index in [0.29, 0.717) is 67.3 Å². The summed E-state index contributed by atoms with van der Waals surface area (Å²) in [6.07, 6.45) is 1.17. The van der Waals surface area contributed by atoms with Gasteiger partial charge in [-0.25, -0.2) is 16.8 Å². The van der Waals surface area contributed by atoms with E-state index in [1.807, 2.05) is 26.1 Å². The lowest BCUT2D eigenvalue weighted by Crippen LogP contribution is -2.47. The normalized spacial score (nSPS) is 20.6. The number of carbonyl (C=O) groups excluding carboxylic acids is 1. The first-order valence-corrected chi connectivity index (χ1v) is 15.5. The van der Waals surface area contributed by atoms with Gasteiger partial charge >= 0.3 is 0 Å². The summed E-state index contributed by atoms with van der Waals surface area (Å²) in [5, 5.41) is 2.84. The molecule has 1 N–H and O–H groups in total. The quantitative estimate of drug-likeness (QED) is 0.595. The lowest BCUT2D eigenvalue weighted by atomic mass is 9.99. The smallest absolute Gasteiger partial charge is 0.243 e. The molecule has 0 aromatic heterocycles. The maximum atomic E-state index is 13.5. The van der Waals surface area contributed by atoms with Gasteiger partial charge in [-0.15, -0.1) is 0 Å². The minimum atomic E-state index is -3.74. The van der Waals surface area contributed by atoms with E-state index in [9.17, 15) is 21.6 Å². The molecule has 9 nitrogen and oxygen atoms in total. The maximum Gasteiger partial charge on any atom is 0.243 e. The number of amides is 1. The van der Waals surface area contributed by atoms with Crippen LogP contribution in [-0.2, 0) is 24.8 Å². The van der Waals surface area contributed by atoms with Gasteiger partial charge in [-0.1, -0.05) is 17.7 Å². The number of anilines is 1. The summed E-state index contributed by atoms with van der Waals surface area (Å²) in [6.45, 7) is 8.28. The summed E-state index contributed by atoms with van der Waals surface area (Å²) in [7, 11) is -5.36. The fraction of sp³-hybridized carbons (Fsp3) is 0.500. The lowest BCUT2D eigenvalue weighted by Gasteiger charge is -2.32. The molecular weight excluding hydrogens is 512 g/mol. The topological polar surface area (TPSA) is 107 Å². The van der Waals surface area contributed by atoms with Crippen LogP contribution in [0.4, 0.5) is 5.69 Å². The molecule has 202 valence electrons. The zero-order valence-corrected chi connectivity index (χ0v) is 23.5. The van der Waals surface area contributed by atoms with Crippen LogP contribution in [0, 0.1) is 26.7 Å². The van der Waals surface area contributed by atoms with E-state index in [-0.39, 0.29) is 17.3 Å². The number of likely N-dealkylation sites (N-methyl/N-ethyl adjacent to an activating group) is 1. The molecule has 2 aliphatic rings. The van der Waals surface area contributed by atoms with Crippen LogP contribution in [0.3, 0.4) is 0 Å². The van der Waals surface area contributed by atoms with Gasteiger partial charge in [-0.05, 0) is 76.1 Å². The fourth-order valence-electron chi connectivity index (χ4n) is 5.21. The van der Waals surface area contributed by atoms with Crippen molar-refractivity contribution in [3.8, 4) is 0 Å². The summed E-state index contributed by atoms with van der Waals surface area (Å²) < 4.78 is 55.7. The van der Waals surface area contributed by atoms with Crippen molar-refractivity contribution >= 4 is 31.6 Å². The van der Waals surface area contributed by atoms with Gasteiger partial charge in [0.1, 0.15) is 0 Å². The molecule has 2 aromatic carbocycles. The number of aryl methyl sites for hydroxylation is 3. The third kappa shape index (κ3) is 5.91. The number of piperazine rings is 1. The van der Waals surface area contributed by atoms with Crippen LogP contribution in [0.5, 0.6) is 0 Å². The summed E-state index contributed by atoms with van der Waals surface area (Å²) >= 11 is 0. The van der Waals surface area contributed by atoms with E-state index in [4.69, 9.17) is 0 Å². The zero-order chi connectivity index (χ0) is 27.0. The fourth-order valence-corrected chi connectivity index (χ4v) is 8.57. The molecule has 2 aromatic rings. The van der Waals surface area contributed by atoms with Crippen LogP contribution >= 0.6 is 0 Å². The molecule has 0 saturated carbocycles. The van der Waals surface area contributed by atoms with E-state index in [1.165, 1.54) is 20.7 Å². The Balaban J connectivity index is 1.43. The van der Waals surface area contributed by atoms with Gasteiger partial charge in [-0.2, -0.15) is 8.61 Å². The minimum Gasteiger partial charge on any atom is -0.326 e. The zero-order valence-electron chi connectivity index (χ0n) is 21.9. The number of nitrogens with one attached hydrogen (secondary N) is 1. The minimum absolute atomic E-state index is 0.108. The molecule has 0 spiro atoms. The molecule has 0 aliphatic carbocycles. The highest BCUT2D eigenvalue weighted by molar-refractivity contribution is 7.89. The molecule has 0 bridgehead atoms. The van der Waals surface area contributed by atoms with E-state index >= 15 is 0 Å². The molecule has 4 rings (SSSR count). The second-order valence-electron chi connectivity index (χ2n) is 10.2. The third-order valence-electron chi connectivity index (χ3n) is 7.18. The second kappa shape index (κ2) is 10.8. The standard InChI is InChI=1S/C26H36N4O5S2/c1-19-16-20(2)25(21(3)17-19)37(34,35)30-11-5-6-22(18-30)26(31)27-23-7-9-24(10-8-23)36(32,33)29-14-12-28(4)13-15-29/h7-10,16-17,22H,5-6,11-15,18H2,1-4H3,(H,27,31)/t22-/m0/s1. The molecule has 0 unspecified atom stereocenters. The molecule has 1 atom stereocenters. The Morgan fingerprint density at radius 1 is 0.838 bits per heavy atom. The Morgan fingerprint density at radius 3 is 2.03 bits per heavy atom. The number of piperidine rings is 1. The number of rotatable bonds is 6. The predicted octanol–water partition coefficient (Wildman–Crippen LogP) is 2.59. The van der Waals surface area contributed by atoms with Crippen LogP contribution in [-0.4, -0.2) is 82.6 Å². The van der Waals surface area contributed by atoms with E-state index in [0.717, 1.165) is 5.56 Å². The van der Waals surface area contributed by atoms with Crippen molar-refractivity contribution < 1.29 is 21.6 Å². The largest absolute Gasteiger partial charge is 0.326 e. The Bertz CT molecular complexity index is 1340. The molecule has 0 radical (unpaired) electrons. The van der Waals surface area contributed by atoms with Crippen molar-refractivity contribution in [1.29, 1.82) is 0 Å². The SMILES string of the molecule is Cc1cc(C)c(S(=O)(=O)N2CCC[C@H](C(=O)Nc3ccc(S(=O)(=O)N4CCN(C)CC4)cc3)C2)c(C)c1. The lowest BCUT2D eigenvalue weighted by molar-refractivity contribution is -0.120. The summed E-state index contributed by atoms with van der Waals surface area (Å²) in [6, 6.07) is 9.89. The van der Waals surface area contributed by atoms with Crippen molar-refractivity contribution in [3.63, 3.8) is 0 Å². The third-order valence-corrected chi connectivity index (χ3v) is 11.3. The molecule has 37 heavy (non-hydrogen) atoms. The highest BCUT2D eigenvalue weighted by atomic mass is 32.2. The van der Waals surface area contributed by atoms with Gasteiger partial charge in [0.05, 0.1) is 15.7 Å². The van der Waals surface area contributed by atoms with Crippen LogP contribution in [0.25, 0.3) is 0 Å². The van der Waals surface area contributed by atoms with Crippen molar-refractivity contribution in [1.82, 2.24) is 13.5 Å². The molecule has 11 heteroatoms. The Hall–Kier alpha value is -2.31. The van der Waals surface area contributed by atoms with E-state index in [1.54, 1.807) is 26.0 Å². The predicted molar refractivity (Wildman–Crippen MR) is 143 cm³/mol. The summed E-state index contributed by atoms with van der Waals surface area (Å²) in [4.78, 5) is 15.6. The second-order valence-corrected chi connectivity index (χ2v) is 14.0. The average Bonchev–Trinajstić information content (AvgIpc) is 2.84. The van der Waals surface area contributed by atoms with E-state index in [2.05, 4.69) is 10.2 Å². The van der Waals surface area contributed by atoms with Gasteiger partial charge in [0.2, 0.25) is 26.0 Å². The first-order valence-electron chi connectivity index (χ1n) is 12.6. The van der Waals surface area contributed by atoms with Crippen molar-refractivity contribution in [2.75, 3.05) is 51.6 Å². The van der Waals surface area contributed by atoms with Crippen molar-refractivity contribution in [2.24, 2.45) is 5.92 Å². The Morgan fingerprint density at radius 2 is 1.43 bits per heavy atom.